The fraction of sp³-hybridized carbons (Fsp3) is 0.118. The number of esters is 1. The lowest BCUT2D eigenvalue weighted by atomic mass is 10.2. The van der Waals surface area contributed by atoms with E-state index >= 15 is 0 Å². The molecule has 2 aromatic rings. The maximum atomic E-state index is 11.9. The van der Waals surface area contributed by atoms with Crippen molar-refractivity contribution in [3.63, 3.8) is 0 Å². The van der Waals surface area contributed by atoms with Gasteiger partial charge in [0.2, 0.25) is 0 Å². The van der Waals surface area contributed by atoms with Crippen LogP contribution >= 0.6 is 0 Å². The number of hydrogen-bond acceptors (Lipinski definition) is 6. The van der Waals surface area contributed by atoms with Crippen LogP contribution in [0.2, 0.25) is 0 Å². The smallest absolute Gasteiger partial charge is 0.325 e. The average molecular weight is 339 g/mol. The van der Waals surface area contributed by atoms with E-state index in [2.05, 4.69) is 5.32 Å². The molecule has 0 saturated carbocycles. The Morgan fingerprint density at radius 1 is 1.20 bits per heavy atom. The Labute approximate surface area is 142 Å². The van der Waals surface area contributed by atoms with E-state index in [4.69, 9.17) is 10.00 Å². The van der Waals surface area contributed by atoms with Crippen LogP contribution in [0.3, 0.4) is 0 Å². The summed E-state index contributed by atoms with van der Waals surface area (Å²) in [6.45, 7) is -0.352. The van der Waals surface area contributed by atoms with Crippen molar-refractivity contribution in [2.45, 2.75) is 6.61 Å². The molecule has 0 aliphatic rings. The van der Waals surface area contributed by atoms with E-state index in [1.54, 1.807) is 24.3 Å². The van der Waals surface area contributed by atoms with Crippen LogP contribution in [-0.2, 0) is 16.1 Å². The van der Waals surface area contributed by atoms with E-state index in [0.29, 0.717) is 11.1 Å². The predicted molar refractivity (Wildman–Crippen MR) is 86.4 cm³/mol. The first-order valence-corrected chi connectivity index (χ1v) is 7.17. The fourth-order valence-electron chi connectivity index (χ4n) is 1.91. The molecule has 0 radical (unpaired) electrons. The standard InChI is InChI=1S/C17H13N3O5/c18-9-12-4-6-13(7-5-12)11-25-16(21)10-19-17(22)14-2-1-3-15(8-14)20(23)24/h1-8H,10-11H2,(H,19,22). The Kier molecular flexibility index (Phi) is 5.79. The topological polar surface area (TPSA) is 122 Å². The van der Waals surface area contributed by atoms with Gasteiger partial charge in [0.1, 0.15) is 13.2 Å². The molecule has 0 fully saturated rings. The number of nitrogens with one attached hydrogen (secondary N) is 1. The molecule has 1 N–H and O–H groups in total. The van der Waals surface area contributed by atoms with Gasteiger partial charge in [-0.1, -0.05) is 18.2 Å². The number of nitro benzene ring substituents is 1. The van der Waals surface area contributed by atoms with Crippen molar-refractivity contribution in [3.05, 3.63) is 75.3 Å². The Balaban J connectivity index is 1.83. The summed E-state index contributed by atoms with van der Waals surface area (Å²) in [6.07, 6.45) is 0. The summed E-state index contributed by atoms with van der Waals surface area (Å²) >= 11 is 0. The summed E-state index contributed by atoms with van der Waals surface area (Å²) < 4.78 is 5.01. The number of nitrogens with zero attached hydrogens (tertiary/aromatic N) is 2. The molecule has 1 amide bonds. The van der Waals surface area contributed by atoms with Gasteiger partial charge in [0.05, 0.1) is 16.6 Å². The molecule has 0 spiro atoms. The number of carbonyl (C=O) groups excluding carboxylic acids is 2. The molecule has 0 aliphatic carbocycles. The van der Waals surface area contributed by atoms with Crippen molar-refractivity contribution in [1.82, 2.24) is 5.32 Å². The minimum atomic E-state index is -0.650. The lowest BCUT2D eigenvalue weighted by Crippen LogP contribution is -2.30. The van der Waals surface area contributed by atoms with Gasteiger partial charge < -0.3 is 10.1 Å². The van der Waals surface area contributed by atoms with Gasteiger partial charge in [0.25, 0.3) is 11.6 Å². The molecule has 0 aliphatic heterocycles. The summed E-state index contributed by atoms with van der Waals surface area (Å²) in [5, 5.41) is 21.7. The van der Waals surface area contributed by atoms with Gasteiger partial charge in [-0.05, 0) is 23.8 Å². The molecule has 2 rings (SSSR count). The fourth-order valence-corrected chi connectivity index (χ4v) is 1.91. The van der Waals surface area contributed by atoms with Crippen LogP contribution in [0.5, 0.6) is 0 Å². The minimum absolute atomic E-state index is 0.0111. The number of nitro groups is 1. The first-order valence-electron chi connectivity index (χ1n) is 7.17. The highest BCUT2D eigenvalue weighted by Gasteiger charge is 2.13. The van der Waals surface area contributed by atoms with E-state index in [1.165, 1.54) is 18.2 Å². The number of carbonyl (C=O) groups is 2. The van der Waals surface area contributed by atoms with E-state index in [9.17, 15) is 19.7 Å². The summed E-state index contributed by atoms with van der Waals surface area (Å²) in [7, 11) is 0. The Bertz CT molecular complexity index is 840. The van der Waals surface area contributed by atoms with Crippen molar-refractivity contribution in [3.8, 4) is 6.07 Å². The molecular weight excluding hydrogens is 326 g/mol. The molecule has 8 nitrogen and oxygen atoms in total. The van der Waals surface area contributed by atoms with Crippen molar-refractivity contribution in [2.75, 3.05) is 6.54 Å². The van der Waals surface area contributed by atoms with Gasteiger partial charge in [0.15, 0.2) is 0 Å². The van der Waals surface area contributed by atoms with Crippen LogP contribution in [-0.4, -0.2) is 23.3 Å². The third kappa shape index (κ3) is 5.14. The van der Waals surface area contributed by atoms with Gasteiger partial charge >= 0.3 is 5.97 Å². The molecule has 8 heteroatoms. The molecule has 0 bridgehead atoms. The third-order valence-corrected chi connectivity index (χ3v) is 3.20. The van der Waals surface area contributed by atoms with Crippen LogP contribution in [0.4, 0.5) is 5.69 Å². The Hall–Kier alpha value is -3.73. The summed E-state index contributed by atoms with van der Waals surface area (Å²) in [5.74, 6) is -1.26. The third-order valence-electron chi connectivity index (χ3n) is 3.20. The molecule has 0 heterocycles. The average Bonchev–Trinajstić information content (AvgIpc) is 2.64. The van der Waals surface area contributed by atoms with Crippen LogP contribution in [0.15, 0.2) is 48.5 Å². The van der Waals surface area contributed by atoms with Gasteiger partial charge in [0, 0.05) is 17.7 Å². The summed E-state index contributed by atoms with van der Waals surface area (Å²) in [5.41, 5.74) is 1.07. The SMILES string of the molecule is N#Cc1ccc(COC(=O)CNC(=O)c2cccc([N+](=O)[O-])c2)cc1. The van der Waals surface area contributed by atoms with E-state index in [1.807, 2.05) is 6.07 Å². The number of rotatable bonds is 6. The number of benzene rings is 2. The summed E-state index contributed by atoms with van der Waals surface area (Å²) in [4.78, 5) is 33.6. The monoisotopic (exact) mass is 339 g/mol. The highest BCUT2D eigenvalue weighted by molar-refractivity contribution is 5.96. The zero-order valence-corrected chi connectivity index (χ0v) is 13.0. The van der Waals surface area contributed by atoms with Crippen molar-refractivity contribution >= 4 is 17.6 Å². The van der Waals surface area contributed by atoms with Crippen LogP contribution in [0, 0.1) is 21.4 Å². The molecule has 0 unspecified atom stereocenters. The second-order valence-electron chi connectivity index (χ2n) is 4.96. The van der Waals surface area contributed by atoms with Gasteiger partial charge in [-0.2, -0.15) is 5.26 Å². The molecule has 0 atom stereocenters. The Morgan fingerprint density at radius 3 is 2.56 bits per heavy atom. The van der Waals surface area contributed by atoms with Crippen molar-refractivity contribution < 1.29 is 19.2 Å². The van der Waals surface area contributed by atoms with Crippen molar-refractivity contribution in [1.29, 1.82) is 5.26 Å². The lowest BCUT2D eigenvalue weighted by molar-refractivity contribution is -0.384. The lowest BCUT2D eigenvalue weighted by Gasteiger charge is -2.07. The van der Waals surface area contributed by atoms with E-state index in [-0.39, 0.29) is 24.4 Å². The second kappa shape index (κ2) is 8.21. The molecule has 2 aromatic carbocycles. The molecule has 0 aromatic heterocycles. The first-order chi connectivity index (χ1) is 12.0. The molecular formula is C17H13N3O5. The quantitative estimate of drug-likeness (QED) is 0.487. The van der Waals surface area contributed by atoms with Gasteiger partial charge in [-0.25, -0.2) is 0 Å². The van der Waals surface area contributed by atoms with Gasteiger partial charge in [-0.3, -0.25) is 19.7 Å². The number of ether oxygens (including phenoxy) is 1. The minimum Gasteiger partial charge on any atom is -0.460 e. The van der Waals surface area contributed by atoms with E-state index in [0.717, 1.165) is 6.07 Å². The molecule has 0 saturated heterocycles. The number of hydrogen-bond donors (Lipinski definition) is 1. The second-order valence-corrected chi connectivity index (χ2v) is 4.96. The number of nitriles is 1. The molecule has 25 heavy (non-hydrogen) atoms. The number of non-ortho nitro benzene ring substituents is 1. The maximum absolute atomic E-state index is 11.9. The highest BCUT2D eigenvalue weighted by Crippen LogP contribution is 2.12. The van der Waals surface area contributed by atoms with E-state index < -0.39 is 16.8 Å². The highest BCUT2D eigenvalue weighted by atomic mass is 16.6. The normalized spacial score (nSPS) is 9.72. The maximum Gasteiger partial charge on any atom is 0.325 e. The predicted octanol–water partition coefficient (Wildman–Crippen LogP) is 1.94. The van der Waals surface area contributed by atoms with Crippen LogP contribution in [0.1, 0.15) is 21.5 Å². The number of amides is 1. The zero-order chi connectivity index (χ0) is 18.2. The molecule has 126 valence electrons. The van der Waals surface area contributed by atoms with Crippen molar-refractivity contribution in [2.24, 2.45) is 0 Å². The summed E-state index contributed by atoms with van der Waals surface area (Å²) in [6, 6.07) is 13.7. The Morgan fingerprint density at radius 2 is 1.92 bits per heavy atom. The zero-order valence-electron chi connectivity index (χ0n) is 13.0. The van der Waals surface area contributed by atoms with Crippen LogP contribution < -0.4 is 5.32 Å². The first kappa shape index (κ1) is 17.6. The van der Waals surface area contributed by atoms with Gasteiger partial charge in [-0.15, -0.1) is 0 Å². The largest absolute Gasteiger partial charge is 0.460 e. The van der Waals surface area contributed by atoms with Crippen LogP contribution in [0.25, 0.3) is 0 Å².